The highest BCUT2D eigenvalue weighted by molar-refractivity contribution is 5.92. The molecule has 3 unspecified atom stereocenters. The summed E-state index contributed by atoms with van der Waals surface area (Å²) in [5.74, 6) is 1.10. The summed E-state index contributed by atoms with van der Waals surface area (Å²) in [7, 11) is 0. The molecule has 0 spiro atoms. The molecule has 17 heavy (non-hydrogen) atoms. The average molecular weight is 233 g/mol. The predicted molar refractivity (Wildman–Crippen MR) is 65.5 cm³/mol. The quantitative estimate of drug-likeness (QED) is 0.850. The third-order valence-electron chi connectivity index (χ3n) is 3.82. The fraction of sp³-hybridized carbons (Fsp3) is 0.615. The zero-order chi connectivity index (χ0) is 12.3. The van der Waals surface area contributed by atoms with Crippen molar-refractivity contribution < 1.29 is 4.79 Å². The number of amides is 1. The maximum absolute atomic E-state index is 12.0. The van der Waals surface area contributed by atoms with Crippen molar-refractivity contribution >= 4 is 5.91 Å². The van der Waals surface area contributed by atoms with Crippen LogP contribution < -0.4 is 5.32 Å². The highest BCUT2D eigenvalue weighted by Gasteiger charge is 2.28. The Balaban J connectivity index is 1.99. The van der Waals surface area contributed by atoms with Gasteiger partial charge in [0.15, 0.2) is 0 Å². The third-order valence-corrected chi connectivity index (χ3v) is 3.82. The normalized spacial score (nSPS) is 28.7. The summed E-state index contributed by atoms with van der Waals surface area (Å²) in [6.07, 6.45) is 8.14. The van der Waals surface area contributed by atoms with Crippen LogP contribution in [0, 0.1) is 11.8 Å². The number of carbonyl (C=O) groups is 1. The van der Waals surface area contributed by atoms with Crippen LogP contribution in [0.1, 0.15) is 43.6 Å². The monoisotopic (exact) mass is 233 g/mol. The summed E-state index contributed by atoms with van der Waals surface area (Å²) >= 11 is 0. The van der Waals surface area contributed by atoms with Crippen molar-refractivity contribution in [3.8, 4) is 0 Å². The summed E-state index contributed by atoms with van der Waals surface area (Å²) in [6.45, 7) is 4.47. The summed E-state index contributed by atoms with van der Waals surface area (Å²) < 4.78 is 0. The SMILES string of the molecule is CC1CCCC(NC(=O)c2cnccn2)C1C. The first-order chi connectivity index (χ1) is 8.18. The number of nitrogens with one attached hydrogen (secondary N) is 1. The first kappa shape index (κ1) is 12.0. The van der Waals surface area contributed by atoms with Crippen LogP contribution in [0.3, 0.4) is 0 Å². The molecule has 1 saturated carbocycles. The van der Waals surface area contributed by atoms with Crippen LogP contribution in [-0.2, 0) is 0 Å². The second-order valence-corrected chi connectivity index (χ2v) is 4.94. The van der Waals surface area contributed by atoms with E-state index in [0.29, 0.717) is 17.5 Å². The Labute approximate surface area is 102 Å². The van der Waals surface area contributed by atoms with Crippen molar-refractivity contribution in [3.05, 3.63) is 24.3 Å². The second kappa shape index (κ2) is 5.25. The van der Waals surface area contributed by atoms with Crippen molar-refractivity contribution in [2.45, 2.75) is 39.2 Å². The number of nitrogens with zero attached hydrogens (tertiary/aromatic N) is 2. The minimum absolute atomic E-state index is 0.107. The van der Waals surface area contributed by atoms with Gasteiger partial charge in [0.05, 0.1) is 6.20 Å². The molecule has 4 heteroatoms. The lowest BCUT2D eigenvalue weighted by atomic mass is 9.78. The van der Waals surface area contributed by atoms with E-state index in [9.17, 15) is 4.79 Å². The van der Waals surface area contributed by atoms with Crippen molar-refractivity contribution in [3.63, 3.8) is 0 Å². The molecule has 0 saturated heterocycles. The number of rotatable bonds is 2. The van der Waals surface area contributed by atoms with E-state index in [1.807, 2.05) is 0 Å². The highest BCUT2D eigenvalue weighted by atomic mass is 16.1. The molecule has 1 aromatic rings. The van der Waals surface area contributed by atoms with E-state index >= 15 is 0 Å². The Morgan fingerprint density at radius 2 is 2.18 bits per heavy atom. The molecular weight excluding hydrogens is 214 g/mol. The first-order valence-electron chi connectivity index (χ1n) is 6.25. The predicted octanol–water partition coefficient (Wildman–Crippen LogP) is 2.03. The fourth-order valence-electron chi connectivity index (χ4n) is 2.44. The largest absolute Gasteiger partial charge is 0.348 e. The van der Waals surface area contributed by atoms with E-state index in [2.05, 4.69) is 29.1 Å². The van der Waals surface area contributed by atoms with Crippen molar-refractivity contribution in [1.82, 2.24) is 15.3 Å². The van der Waals surface area contributed by atoms with Crippen molar-refractivity contribution in [1.29, 1.82) is 0 Å². The molecule has 0 aromatic carbocycles. The summed E-state index contributed by atoms with van der Waals surface area (Å²) in [4.78, 5) is 19.9. The Morgan fingerprint density at radius 3 is 2.88 bits per heavy atom. The Hall–Kier alpha value is -1.45. The lowest BCUT2D eigenvalue weighted by Crippen LogP contribution is -2.43. The van der Waals surface area contributed by atoms with Gasteiger partial charge < -0.3 is 5.32 Å². The highest BCUT2D eigenvalue weighted by Crippen LogP contribution is 2.29. The van der Waals surface area contributed by atoms with Gasteiger partial charge in [0.2, 0.25) is 0 Å². The minimum Gasteiger partial charge on any atom is -0.348 e. The van der Waals surface area contributed by atoms with Crippen LogP contribution in [0.15, 0.2) is 18.6 Å². The van der Waals surface area contributed by atoms with Gasteiger partial charge >= 0.3 is 0 Å². The maximum atomic E-state index is 12.0. The standard InChI is InChI=1S/C13H19N3O/c1-9-4-3-5-11(10(9)2)16-13(17)12-8-14-6-7-15-12/h6-11H,3-5H2,1-2H3,(H,16,17). The van der Waals surface area contributed by atoms with E-state index < -0.39 is 0 Å². The zero-order valence-corrected chi connectivity index (χ0v) is 10.4. The molecule has 92 valence electrons. The van der Waals surface area contributed by atoms with Gasteiger partial charge in [-0.25, -0.2) is 4.98 Å². The minimum atomic E-state index is -0.107. The van der Waals surface area contributed by atoms with Crippen LogP contribution in [0.5, 0.6) is 0 Å². The Bertz CT molecular complexity index is 380. The van der Waals surface area contributed by atoms with Gasteiger partial charge in [-0.1, -0.05) is 26.7 Å². The summed E-state index contributed by atoms with van der Waals surface area (Å²) in [6, 6.07) is 0.272. The second-order valence-electron chi connectivity index (χ2n) is 4.94. The van der Waals surface area contributed by atoms with Gasteiger partial charge in [-0.2, -0.15) is 0 Å². The smallest absolute Gasteiger partial charge is 0.271 e. The summed E-state index contributed by atoms with van der Waals surface area (Å²) in [5.41, 5.74) is 0.401. The molecule has 1 aliphatic rings. The molecule has 0 aliphatic heterocycles. The topological polar surface area (TPSA) is 54.9 Å². The van der Waals surface area contributed by atoms with Crippen LogP contribution in [0.25, 0.3) is 0 Å². The number of hydrogen-bond acceptors (Lipinski definition) is 3. The van der Waals surface area contributed by atoms with E-state index in [0.717, 1.165) is 6.42 Å². The van der Waals surface area contributed by atoms with Gasteiger partial charge in [0.25, 0.3) is 5.91 Å². The number of hydrogen-bond donors (Lipinski definition) is 1. The van der Waals surface area contributed by atoms with Gasteiger partial charge in [-0.3, -0.25) is 9.78 Å². The zero-order valence-electron chi connectivity index (χ0n) is 10.4. The lowest BCUT2D eigenvalue weighted by molar-refractivity contribution is 0.0885. The van der Waals surface area contributed by atoms with Crippen molar-refractivity contribution in [2.24, 2.45) is 11.8 Å². The molecule has 1 amide bonds. The number of carbonyl (C=O) groups excluding carboxylic acids is 1. The Morgan fingerprint density at radius 1 is 1.35 bits per heavy atom. The van der Waals surface area contributed by atoms with Crippen LogP contribution >= 0.6 is 0 Å². The molecule has 0 radical (unpaired) electrons. The lowest BCUT2D eigenvalue weighted by Gasteiger charge is -2.34. The molecule has 1 heterocycles. The van der Waals surface area contributed by atoms with Crippen LogP contribution in [0.4, 0.5) is 0 Å². The third kappa shape index (κ3) is 2.81. The van der Waals surface area contributed by atoms with E-state index in [4.69, 9.17) is 0 Å². The molecule has 2 rings (SSSR count). The molecule has 0 bridgehead atoms. The van der Waals surface area contributed by atoms with E-state index in [1.54, 1.807) is 12.4 Å². The molecule has 4 nitrogen and oxygen atoms in total. The fourth-order valence-corrected chi connectivity index (χ4v) is 2.44. The molecule has 1 N–H and O–H groups in total. The first-order valence-corrected chi connectivity index (χ1v) is 6.25. The van der Waals surface area contributed by atoms with Crippen molar-refractivity contribution in [2.75, 3.05) is 0 Å². The average Bonchev–Trinajstić information content (AvgIpc) is 2.36. The van der Waals surface area contributed by atoms with Gasteiger partial charge in [0, 0.05) is 18.4 Å². The molecule has 1 aliphatic carbocycles. The van der Waals surface area contributed by atoms with E-state index in [1.165, 1.54) is 19.0 Å². The van der Waals surface area contributed by atoms with Gasteiger partial charge in [-0.05, 0) is 18.3 Å². The number of aromatic nitrogens is 2. The van der Waals surface area contributed by atoms with Gasteiger partial charge in [-0.15, -0.1) is 0 Å². The molecule has 1 fully saturated rings. The maximum Gasteiger partial charge on any atom is 0.271 e. The summed E-state index contributed by atoms with van der Waals surface area (Å²) in [5, 5.41) is 3.07. The van der Waals surface area contributed by atoms with Crippen LogP contribution in [-0.4, -0.2) is 21.9 Å². The molecule has 1 aromatic heterocycles. The van der Waals surface area contributed by atoms with E-state index in [-0.39, 0.29) is 11.9 Å². The van der Waals surface area contributed by atoms with Gasteiger partial charge in [0.1, 0.15) is 5.69 Å². The van der Waals surface area contributed by atoms with Crippen LogP contribution in [0.2, 0.25) is 0 Å². The molecular formula is C13H19N3O. The molecule has 3 atom stereocenters. The Kier molecular flexibility index (Phi) is 3.71.